The van der Waals surface area contributed by atoms with Gasteiger partial charge in [0.1, 0.15) is 5.69 Å². The highest BCUT2D eigenvalue weighted by Gasteiger charge is 2.18. The summed E-state index contributed by atoms with van der Waals surface area (Å²) in [6.45, 7) is 2.54. The number of amides is 1. The highest BCUT2D eigenvalue weighted by Crippen LogP contribution is 2.16. The quantitative estimate of drug-likeness (QED) is 0.631. The number of hydrogen-bond donors (Lipinski definition) is 3. The van der Waals surface area contributed by atoms with E-state index in [2.05, 4.69) is 10.4 Å². The van der Waals surface area contributed by atoms with Crippen molar-refractivity contribution in [3.63, 3.8) is 0 Å². The summed E-state index contributed by atoms with van der Waals surface area (Å²) in [5, 5.41) is 16.4. The van der Waals surface area contributed by atoms with Gasteiger partial charge in [0, 0.05) is 20.7 Å². The molecule has 1 aromatic heterocycles. The minimum absolute atomic E-state index is 0.254. The van der Waals surface area contributed by atoms with E-state index >= 15 is 0 Å². The Balaban J connectivity index is 2.57. The fourth-order valence-corrected chi connectivity index (χ4v) is 1.84. The number of ether oxygens (including phenoxy) is 1. The third kappa shape index (κ3) is 3.93. The highest BCUT2D eigenvalue weighted by atomic mass is 16.5. The second-order valence-electron chi connectivity index (χ2n) is 4.34. The molecular formula is C12H22N4O3. The van der Waals surface area contributed by atoms with Gasteiger partial charge >= 0.3 is 0 Å². The first-order chi connectivity index (χ1) is 9.01. The molecule has 0 fully saturated rings. The van der Waals surface area contributed by atoms with Crippen LogP contribution >= 0.6 is 0 Å². The molecule has 0 saturated heterocycles. The van der Waals surface area contributed by atoms with E-state index in [4.69, 9.17) is 10.5 Å². The molecule has 1 amide bonds. The molecule has 1 heterocycles. The molecule has 7 heteroatoms. The van der Waals surface area contributed by atoms with Gasteiger partial charge in [0.05, 0.1) is 24.1 Å². The second-order valence-corrected chi connectivity index (χ2v) is 4.34. The molecule has 0 bridgehead atoms. The molecule has 0 spiro atoms. The number of nitrogens with one attached hydrogen (secondary N) is 1. The monoisotopic (exact) mass is 270 g/mol. The van der Waals surface area contributed by atoms with Crippen LogP contribution in [0.15, 0.2) is 0 Å². The smallest absolute Gasteiger partial charge is 0.271 e. The Morgan fingerprint density at radius 2 is 2.32 bits per heavy atom. The van der Waals surface area contributed by atoms with Crippen LogP contribution in [0, 0.1) is 0 Å². The Bertz CT molecular complexity index is 431. The topological polar surface area (TPSA) is 102 Å². The first kappa shape index (κ1) is 15.5. The molecule has 19 heavy (non-hydrogen) atoms. The minimum atomic E-state index is -0.583. The summed E-state index contributed by atoms with van der Waals surface area (Å²) in [4.78, 5) is 12.0. The van der Waals surface area contributed by atoms with E-state index in [-0.39, 0.29) is 12.5 Å². The maximum atomic E-state index is 12.0. The second kappa shape index (κ2) is 7.10. The molecule has 0 radical (unpaired) electrons. The molecule has 1 atom stereocenters. The predicted octanol–water partition coefficient (Wildman–Crippen LogP) is -0.308. The van der Waals surface area contributed by atoms with Crippen LogP contribution < -0.4 is 11.1 Å². The van der Waals surface area contributed by atoms with Crippen LogP contribution in [0.1, 0.15) is 29.5 Å². The average Bonchev–Trinajstić information content (AvgIpc) is 2.64. The Hall–Kier alpha value is -1.60. The number of aromatic nitrogens is 2. The summed E-state index contributed by atoms with van der Waals surface area (Å²) in [5.41, 5.74) is 7.37. The average molecular weight is 270 g/mol. The lowest BCUT2D eigenvalue weighted by atomic mass is 10.2. The standard InChI is InChI=1S/C12H22N4O3/c1-4-9-10(13)11(16(2)15-9)12(18)14-6-5-8(17)7-19-3/h8,17H,4-7,13H2,1-3H3,(H,14,18). The van der Waals surface area contributed by atoms with Crippen LogP contribution in [0.25, 0.3) is 0 Å². The minimum Gasteiger partial charge on any atom is -0.395 e. The summed E-state index contributed by atoms with van der Waals surface area (Å²) in [7, 11) is 3.20. The molecule has 0 saturated carbocycles. The number of methoxy groups -OCH3 is 1. The first-order valence-corrected chi connectivity index (χ1v) is 6.27. The van der Waals surface area contributed by atoms with Crippen LogP contribution in [-0.4, -0.2) is 47.2 Å². The molecule has 1 aromatic rings. The normalized spacial score (nSPS) is 12.4. The zero-order chi connectivity index (χ0) is 14.4. The molecule has 0 aliphatic heterocycles. The van der Waals surface area contributed by atoms with Crippen molar-refractivity contribution >= 4 is 11.6 Å². The number of carbonyl (C=O) groups is 1. The number of aliphatic hydroxyl groups is 1. The number of hydrogen-bond acceptors (Lipinski definition) is 5. The number of nitrogens with zero attached hydrogens (tertiary/aromatic N) is 2. The van der Waals surface area contributed by atoms with E-state index in [1.165, 1.54) is 11.8 Å². The van der Waals surface area contributed by atoms with Crippen LogP contribution in [0.4, 0.5) is 5.69 Å². The Morgan fingerprint density at radius 3 is 2.84 bits per heavy atom. The zero-order valence-electron chi connectivity index (χ0n) is 11.6. The van der Waals surface area contributed by atoms with E-state index in [9.17, 15) is 9.90 Å². The number of aliphatic hydroxyl groups excluding tert-OH is 1. The molecule has 0 aliphatic rings. The van der Waals surface area contributed by atoms with Crippen molar-refractivity contribution in [3.8, 4) is 0 Å². The van der Waals surface area contributed by atoms with E-state index in [1.807, 2.05) is 6.92 Å². The molecule has 4 N–H and O–H groups in total. The number of nitrogen functional groups attached to an aromatic ring is 1. The molecule has 1 rings (SSSR count). The summed E-state index contributed by atoms with van der Waals surface area (Å²) < 4.78 is 6.29. The lowest BCUT2D eigenvalue weighted by molar-refractivity contribution is 0.0587. The summed E-state index contributed by atoms with van der Waals surface area (Å²) in [6, 6.07) is 0. The molecule has 108 valence electrons. The van der Waals surface area contributed by atoms with Crippen molar-refractivity contribution in [1.29, 1.82) is 0 Å². The SMILES string of the molecule is CCc1nn(C)c(C(=O)NCCC(O)COC)c1N. The van der Waals surface area contributed by atoms with Crippen molar-refractivity contribution in [3.05, 3.63) is 11.4 Å². The largest absolute Gasteiger partial charge is 0.395 e. The van der Waals surface area contributed by atoms with E-state index in [0.717, 1.165) is 0 Å². The van der Waals surface area contributed by atoms with Crippen molar-refractivity contribution in [2.75, 3.05) is 26.0 Å². The highest BCUT2D eigenvalue weighted by molar-refractivity contribution is 5.97. The summed E-state index contributed by atoms with van der Waals surface area (Å²) >= 11 is 0. The lowest BCUT2D eigenvalue weighted by Crippen LogP contribution is -2.30. The Labute approximate surface area is 112 Å². The lowest BCUT2D eigenvalue weighted by Gasteiger charge is -2.10. The Morgan fingerprint density at radius 1 is 1.63 bits per heavy atom. The Kier molecular flexibility index (Phi) is 5.78. The van der Waals surface area contributed by atoms with Gasteiger partial charge in [0.2, 0.25) is 0 Å². The molecular weight excluding hydrogens is 248 g/mol. The van der Waals surface area contributed by atoms with E-state index < -0.39 is 6.10 Å². The molecule has 1 unspecified atom stereocenters. The molecule has 0 aromatic carbocycles. The maximum absolute atomic E-state index is 12.0. The number of anilines is 1. The molecule has 7 nitrogen and oxygen atoms in total. The van der Waals surface area contributed by atoms with Gasteiger partial charge in [0.15, 0.2) is 0 Å². The van der Waals surface area contributed by atoms with Crippen molar-refractivity contribution in [1.82, 2.24) is 15.1 Å². The fourth-order valence-electron chi connectivity index (χ4n) is 1.84. The number of nitrogens with two attached hydrogens (primary N) is 1. The third-order valence-corrected chi connectivity index (χ3v) is 2.83. The first-order valence-electron chi connectivity index (χ1n) is 6.27. The van der Waals surface area contributed by atoms with Crippen LogP contribution in [0.3, 0.4) is 0 Å². The molecule has 0 aliphatic carbocycles. The van der Waals surface area contributed by atoms with E-state index in [1.54, 1.807) is 7.05 Å². The number of aryl methyl sites for hydroxylation is 2. The van der Waals surface area contributed by atoms with Gasteiger partial charge in [-0.15, -0.1) is 0 Å². The van der Waals surface area contributed by atoms with Crippen molar-refractivity contribution in [2.24, 2.45) is 7.05 Å². The predicted molar refractivity (Wildman–Crippen MR) is 71.8 cm³/mol. The van der Waals surface area contributed by atoms with Crippen LogP contribution in [0.5, 0.6) is 0 Å². The number of rotatable bonds is 7. The summed E-state index contributed by atoms with van der Waals surface area (Å²) in [5.74, 6) is -0.281. The van der Waals surface area contributed by atoms with Crippen LogP contribution in [0.2, 0.25) is 0 Å². The van der Waals surface area contributed by atoms with Gasteiger partial charge in [-0.3, -0.25) is 9.48 Å². The van der Waals surface area contributed by atoms with Crippen molar-refractivity contribution < 1.29 is 14.6 Å². The fraction of sp³-hybridized carbons (Fsp3) is 0.667. The number of carbonyl (C=O) groups excluding carboxylic acids is 1. The zero-order valence-corrected chi connectivity index (χ0v) is 11.6. The third-order valence-electron chi connectivity index (χ3n) is 2.83. The van der Waals surface area contributed by atoms with Gasteiger partial charge in [-0.25, -0.2) is 0 Å². The van der Waals surface area contributed by atoms with Gasteiger partial charge < -0.3 is 20.9 Å². The van der Waals surface area contributed by atoms with Gasteiger partial charge in [-0.2, -0.15) is 5.10 Å². The van der Waals surface area contributed by atoms with E-state index in [0.29, 0.717) is 36.5 Å². The van der Waals surface area contributed by atoms with Gasteiger partial charge in [-0.1, -0.05) is 6.92 Å². The van der Waals surface area contributed by atoms with Crippen molar-refractivity contribution in [2.45, 2.75) is 25.9 Å². The summed E-state index contributed by atoms with van der Waals surface area (Å²) in [6.07, 6.45) is 0.526. The van der Waals surface area contributed by atoms with Gasteiger partial charge in [-0.05, 0) is 12.8 Å². The maximum Gasteiger partial charge on any atom is 0.271 e. The van der Waals surface area contributed by atoms with Crippen LogP contribution in [-0.2, 0) is 18.2 Å². The van der Waals surface area contributed by atoms with Gasteiger partial charge in [0.25, 0.3) is 5.91 Å².